The van der Waals surface area contributed by atoms with Gasteiger partial charge in [0.15, 0.2) is 0 Å². The van der Waals surface area contributed by atoms with Crippen molar-refractivity contribution >= 4 is 0 Å². The molecule has 3 atom stereocenters. The van der Waals surface area contributed by atoms with Gasteiger partial charge in [-0.05, 0) is 51.2 Å². The van der Waals surface area contributed by atoms with E-state index in [1.807, 2.05) is 12.1 Å². The Morgan fingerprint density at radius 2 is 2.41 bits per heavy atom. The van der Waals surface area contributed by atoms with E-state index in [2.05, 4.69) is 12.2 Å². The van der Waals surface area contributed by atoms with E-state index in [1.165, 1.54) is 6.42 Å². The van der Waals surface area contributed by atoms with Crippen LogP contribution in [-0.2, 0) is 6.42 Å². The summed E-state index contributed by atoms with van der Waals surface area (Å²) >= 11 is 0. The second-order valence-corrected chi connectivity index (χ2v) is 5.20. The Hall–Kier alpha value is -0.800. The van der Waals surface area contributed by atoms with Gasteiger partial charge in [-0.1, -0.05) is 0 Å². The number of aliphatic hydroxyl groups is 1. The molecular weight excluding hydrogens is 214 g/mol. The van der Waals surface area contributed by atoms with Gasteiger partial charge in [0.05, 0.1) is 12.4 Å². The number of nitrogens with one attached hydrogen (secondary N) is 1. The normalized spacial score (nSPS) is 26.9. The Labute approximate surface area is 103 Å². The Morgan fingerprint density at radius 3 is 3.12 bits per heavy atom. The molecule has 3 heteroatoms. The highest BCUT2D eigenvalue weighted by atomic mass is 16.3. The lowest BCUT2D eigenvalue weighted by molar-refractivity contribution is 0.109. The molecule has 0 saturated heterocycles. The second-order valence-electron chi connectivity index (χ2n) is 5.20. The van der Waals surface area contributed by atoms with Crippen molar-refractivity contribution in [3.05, 3.63) is 24.2 Å². The first-order chi connectivity index (χ1) is 8.24. The fourth-order valence-corrected chi connectivity index (χ4v) is 2.61. The molecule has 1 aromatic heterocycles. The number of rotatable bonds is 5. The highest BCUT2D eigenvalue weighted by Crippen LogP contribution is 2.19. The lowest BCUT2D eigenvalue weighted by atomic mass is 9.92. The maximum atomic E-state index is 9.62. The summed E-state index contributed by atoms with van der Waals surface area (Å²) in [7, 11) is 0. The van der Waals surface area contributed by atoms with Crippen LogP contribution in [0.25, 0.3) is 0 Å². The average Bonchev–Trinajstić information content (AvgIpc) is 2.79. The van der Waals surface area contributed by atoms with E-state index in [-0.39, 0.29) is 6.10 Å². The molecule has 3 nitrogen and oxygen atoms in total. The third kappa shape index (κ3) is 4.17. The van der Waals surface area contributed by atoms with Crippen LogP contribution in [0.1, 0.15) is 44.8 Å². The number of furan rings is 1. The first-order valence-electron chi connectivity index (χ1n) is 6.70. The van der Waals surface area contributed by atoms with Crippen molar-refractivity contribution in [2.75, 3.05) is 0 Å². The molecule has 96 valence electrons. The maximum Gasteiger partial charge on any atom is 0.103 e. The van der Waals surface area contributed by atoms with Gasteiger partial charge in [0.2, 0.25) is 0 Å². The number of aryl methyl sites for hydroxylation is 1. The maximum absolute atomic E-state index is 9.62. The van der Waals surface area contributed by atoms with E-state index in [0.717, 1.165) is 37.9 Å². The second kappa shape index (κ2) is 6.22. The fraction of sp³-hybridized carbons (Fsp3) is 0.714. The molecule has 2 N–H and O–H groups in total. The third-order valence-electron chi connectivity index (χ3n) is 3.57. The van der Waals surface area contributed by atoms with Crippen molar-refractivity contribution in [1.82, 2.24) is 5.32 Å². The van der Waals surface area contributed by atoms with Crippen molar-refractivity contribution < 1.29 is 9.52 Å². The zero-order valence-corrected chi connectivity index (χ0v) is 10.6. The van der Waals surface area contributed by atoms with Gasteiger partial charge in [-0.15, -0.1) is 0 Å². The van der Waals surface area contributed by atoms with Crippen LogP contribution in [0.3, 0.4) is 0 Å². The highest BCUT2D eigenvalue weighted by Gasteiger charge is 2.21. The van der Waals surface area contributed by atoms with E-state index in [4.69, 9.17) is 4.42 Å². The smallest absolute Gasteiger partial charge is 0.103 e. The minimum absolute atomic E-state index is 0.0986. The van der Waals surface area contributed by atoms with Crippen LogP contribution in [0.4, 0.5) is 0 Å². The Morgan fingerprint density at radius 1 is 1.53 bits per heavy atom. The van der Waals surface area contributed by atoms with Crippen molar-refractivity contribution in [2.24, 2.45) is 0 Å². The molecule has 1 aliphatic carbocycles. The lowest BCUT2D eigenvalue weighted by Crippen LogP contribution is -2.41. The minimum Gasteiger partial charge on any atom is -0.469 e. The SMILES string of the molecule is CC(CCc1ccco1)NC1CCCC(O)C1. The third-order valence-corrected chi connectivity index (χ3v) is 3.57. The Kier molecular flexibility index (Phi) is 4.63. The molecule has 0 radical (unpaired) electrons. The summed E-state index contributed by atoms with van der Waals surface area (Å²) in [4.78, 5) is 0. The summed E-state index contributed by atoms with van der Waals surface area (Å²) in [5, 5.41) is 13.2. The first kappa shape index (κ1) is 12.7. The largest absolute Gasteiger partial charge is 0.469 e. The van der Waals surface area contributed by atoms with Gasteiger partial charge in [0.25, 0.3) is 0 Å². The molecule has 1 aliphatic rings. The van der Waals surface area contributed by atoms with Crippen LogP contribution in [-0.4, -0.2) is 23.3 Å². The summed E-state index contributed by atoms with van der Waals surface area (Å²) in [6.07, 6.45) is 7.91. The molecule has 1 heterocycles. The molecule has 0 aliphatic heterocycles. The molecule has 1 saturated carbocycles. The van der Waals surface area contributed by atoms with E-state index >= 15 is 0 Å². The van der Waals surface area contributed by atoms with Crippen LogP contribution in [0.15, 0.2) is 22.8 Å². The van der Waals surface area contributed by atoms with E-state index in [1.54, 1.807) is 6.26 Å². The molecule has 17 heavy (non-hydrogen) atoms. The molecule has 0 amide bonds. The number of hydrogen-bond acceptors (Lipinski definition) is 3. The molecular formula is C14H23NO2. The summed E-state index contributed by atoms with van der Waals surface area (Å²) in [5.74, 6) is 1.06. The summed E-state index contributed by atoms with van der Waals surface area (Å²) in [6, 6.07) is 4.93. The zero-order valence-electron chi connectivity index (χ0n) is 10.6. The number of aliphatic hydroxyl groups excluding tert-OH is 1. The summed E-state index contributed by atoms with van der Waals surface area (Å²) in [6.45, 7) is 2.21. The van der Waals surface area contributed by atoms with Gasteiger partial charge in [-0.25, -0.2) is 0 Å². The fourth-order valence-electron chi connectivity index (χ4n) is 2.61. The first-order valence-corrected chi connectivity index (χ1v) is 6.70. The molecule has 0 aromatic carbocycles. The van der Waals surface area contributed by atoms with E-state index in [0.29, 0.717) is 12.1 Å². The Bertz CT molecular complexity index is 310. The van der Waals surface area contributed by atoms with Gasteiger partial charge in [0, 0.05) is 18.5 Å². The van der Waals surface area contributed by atoms with Crippen LogP contribution in [0.5, 0.6) is 0 Å². The predicted molar refractivity (Wildman–Crippen MR) is 67.9 cm³/mol. The van der Waals surface area contributed by atoms with Crippen LogP contribution in [0, 0.1) is 0 Å². The predicted octanol–water partition coefficient (Wildman–Crippen LogP) is 2.49. The monoisotopic (exact) mass is 237 g/mol. The van der Waals surface area contributed by atoms with Gasteiger partial charge in [-0.3, -0.25) is 0 Å². The molecule has 1 fully saturated rings. The average molecular weight is 237 g/mol. The van der Waals surface area contributed by atoms with Crippen LogP contribution in [0.2, 0.25) is 0 Å². The van der Waals surface area contributed by atoms with Gasteiger partial charge >= 0.3 is 0 Å². The van der Waals surface area contributed by atoms with Crippen molar-refractivity contribution in [2.45, 2.75) is 63.6 Å². The summed E-state index contributed by atoms with van der Waals surface area (Å²) in [5.41, 5.74) is 0. The number of hydrogen-bond donors (Lipinski definition) is 2. The summed E-state index contributed by atoms with van der Waals surface area (Å²) < 4.78 is 5.32. The van der Waals surface area contributed by atoms with E-state index < -0.39 is 0 Å². The van der Waals surface area contributed by atoms with E-state index in [9.17, 15) is 5.11 Å². The zero-order chi connectivity index (χ0) is 12.1. The van der Waals surface area contributed by atoms with Crippen LogP contribution < -0.4 is 5.32 Å². The molecule has 0 bridgehead atoms. The Balaban J connectivity index is 1.67. The topological polar surface area (TPSA) is 45.4 Å². The molecule has 0 spiro atoms. The van der Waals surface area contributed by atoms with Crippen molar-refractivity contribution in [3.63, 3.8) is 0 Å². The van der Waals surface area contributed by atoms with Gasteiger partial charge in [-0.2, -0.15) is 0 Å². The van der Waals surface area contributed by atoms with Gasteiger partial charge in [0.1, 0.15) is 5.76 Å². The molecule has 2 rings (SSSR count). The molecule has 3 unspecified atom stereocenters. The van der Waals surface area contributed by atoms with Crippen molar-refractivity contribution in [1.29, 1.82) is 0 Å². The molecule has 1 aromatic rings. The van der Waals surface area contributed by atoms with Crippen LogP contribution >= 0.6 is 0 Å². The lowest BCUT2D eigenvalue weighted by Gasteiger charge is -2.29. The van der Waals surface area contributed by atoms with Gasteiger partial charge < -0.3 is 14.8 Å². The quantitative estimate of drug-likeness (QED) is 0.827. The van der Waals surface area contributed by atoms with Crippen molar-refractivity contribution in [3.8, 4) is 0 Å². The standard InChI is InChI=1S/C14H23NO2/c1-11(7-8-14-6-3-9-17-14)15-12-4-2-5-13(16)10-12/h3,6,9,11-13,15-16H,2,4-5,7-8,10H2,1H3. The minimum atomic E-state index is -0.0986. The highest BCUT2D eigenvalue weighted by molar-refractivity contribution is 4.98.